The number of carbonyl (C=O) groups excluding carboxylic acids is 4. The van der Waals surface area contributed by atoms with Crippen LogP contribution in [0.1, 0.15) is 129 Å². The van der Waals surface area contributed by atoms with Gasteiger partial charge >= 0.3 is 5.97 Å². The Morgan fingerprint density at radius 2 is 1.49 bits per heavy atom. The van der Waals surface area contributed by atoms with Crippen LogP contribution in [0, 0.1) is 34.5 Å². The van der Waals surface area contributed by atoms with Gasteiger partial charge in [-0.15, -0.1) is 0 Å². The van der Waals surface area contributed by atoms with Gasteiger partial charge in [0.15, 0.2) is 12.2 Å². The first-order valence-corrected chi connectivity index (χ1v) is 26.8. The Bertz CT molecular complexity index is 2760. The molecule has 3 aromatic carbocycles. The summed E-state index contributed by atoms with van der Waals surface area (Å²) < 4.78 is 45.2. The minimum Gasteiger partial charge on any atom is -0.508 e. The number of quaternary nitrogens is 1. The fourth-order valence-electron chi connectivity index (χ4n) is 13.8. The van der Waals surface area contributed by atoms with Crippen molar-refractivity contribution in [2.24, 2.45) is 39.7 Å². The van der Waals surface area contributed by atoms with Crippen molar-refractivity contribution in [3.05, 3.63) is 94.1 Å². The number of phenolic OH excluding ortho intramolecular Hbond substituents is 2. The number of carbonyl (C=O) groups is 4. The van der Waals surface area contributed by atoms with E-state index in [0.717, 1.165) is 57.1 Å². The van der Waals surface area contributed by atoms with Crippen LogP contribution < -0.4 is 15.4 Å². The second-order valence-electron chi connectivity index (χ2n) is 21.7. The molecular weight excluding hydrogens is 929 g/mol. The number of allylic oxidation sites excluding steroid dienone is 2. The van der Waals surface area contributed by atoms with Gasteiger partial charge in [0, 0.05) is 72.7 Å². The molecule has 0 radical (unpaired) electrons. The summed E-state index contributed by atoms with van der Waals surface area (Å²) in [5.74, 6) is 1.06. The van der Waals surface area contributed by atoms with E-state index in [1.165, 1.54) is 35.9 Å². The van der Waals surface area contributed by atoms with E-state index in [-0.39, 0.29) is 82.1 Å². The number of rotatable bonds is 17. The van der Waals surface area contributed by atoms with E-state index in [1.54, 1.807) is 31.2 Å². The van der Waals surface area contributed by atoms with Crippen LogP contribution >= 0.6 is 0 Å². The summed E-state index contributed by atoms with van der Waals surface area (Å²) in [6.45, 7) is 8.59. The summed E-state index contributed by atoms with van der Waals surface area (Å²) >= 11 is 0. The van der Waals surface area contributed by atoms with Gasteiger partial charge in [-0.25, -0.2) is 4.79 Å². The van der Waals surface area contributed by atoms with Gasteiger partial charge in [-0.1, -0.05) is 30.6 Å². The number of nitrogens with zero attached hydrogens (tertiary/aromatic N) is 2. The smallest absolute Gasteiger partial charge is 0.340 e. The number of esters is 1. The number of amides is 2. The Hall–Kier alpha value is -5.78. The molecule has 16 nitrogen and oxygen atoms in total. The van der Waals surface area contributed by atoms with Gasteiger partial charge in [-0.3, -0.25) is 18.9 Å². The van der Waals surface area contributed by atoms with Gasteiger partial charge in [-0.05, 0) is 129 Å². The van der Waals surface area contributed by atoms with Crippen molar-refractivity contribution in [3.63, 3.8) is 0 Å². The molecule has 3 saturated carbocycles. The molecule has 7 unspecified atom stereocenters. The summed E-state index contributed by atoms with van der Waals surface area (Å²) in [7, 11) is -2.19. The molecule has 3 fully saturated rings. The SMILES string of the molecule is CC(=O)C1CCC2C3CCC4=CC(=NOCC(=O)NCCC[N+](C)(CCCNC(=O)c5ccc6c(c5)C(=O)OC65c6ccc(O)cc6Oc6cc(O)ccc65)CCCS(=O)(=O)O)CCC4(C)C3CCC12C. The molecule has 3 aromatic rings. The Balaban J connectivity index is 0.756. The van der Waals surface area contributed by atoms with Crippen molar-refractivity contribution in [1.29, 1.82) is 0 Å². The molecule has 2 heterocycles. The third kappa shape index (κ3) is 9.68. The summed E-state index contributed by atoms with van der Waals surface area (Å²) in [6, 6.07) is 13.7. The predicted molar refractivity (Wildman–Crippen MR) is 264 cm³/mol. The van der Waals surface area contributed by atoms with E-state index >= 15 is 0 Å². The van der Waals surface area contributed by atoms with E-state index in [2.05, 4.69) is 35.7 Å². The Kier molecular flexibility index (Phi) is 13.7. The molecular formula is C54H67N4O12S+. The highest BCUT2D eigenvalue weighted by molar-refractivity contribution is 7.85. The lowest BCUT2D eigenvalue weighted by Gasteiger charge is -2.58. The molecule has 2 aliphatic heterocycles. The standard InChI is InChI=1S/C54H66N4O12S/c1-33(59)41-16-17-42-39-12-9-35-29-36(18-20-52(35,2)43(39)19-21-53(41,42)3)57-68-32-49(62)55-22-5-24-58(4,26-7-27-71(65,66)67)25-6-23-56-50(63)34-8-13-44-40(28-34)51(64)70-54(44)45-14-10-37(60)30-47(45)69-48-31-38(61)11-15-46(48)54/h8,10-11,13-15,28-31,39,41-43H,5-7,9,12,16-27,32H2,1-4H3,(H4-,55,56,60,61,62,63,65,66,67)/p+1. The van der Waals surface area contributed by atoms with Crippen LogP contribution in [-0.4, -0.2) is 109 Å². The molecule has 4 aliphatic carbocycles. The quantitative estimate of drug-likeness (QED) is 0.0290. The molecule has 9 rings (SSSR count). The van der Waals surface area contributed by atoms with Crippen LogP contribution in [0.25, 0.3) is 0 Å². The number of ketones is 1. The number of aromatic hydroxyl groups is 2. The lowest BCUT2D eigenvalue weighted by molar-refractivity contribution is -0.909. The Morgan fingerprint density at radius 3 is 2.17 bits per heavy atom. The van der Waals surface area contributed by atoms with Gasteiger partial charge < -0.3 is 39.6 Å². The van der Waals surface area contributed by atoms with E-state index < -0.39 is 27.6 Å². The van der Waals surface area contributed by atoms with Crippen LogP contribution in [-0.2, 0) is 34.9 Å². The number of benzene rings is 3. The second-order valence-corrected chi connectivity index (χ2v) is 23.3. The molecule has 2 amide bonds. The highest BCUT2D eigenvalue weighted by Gasteiger charge is 2.60. The topological polar surface area (TPSA) is 227 Å². The summed E-state index contributed by atoms with van der Waals surface area (Å²) in [5, 5.41) is 30.7. The molecule has 6 aliphatic rings. The van der Waals surface area contributed by atoms with Gasteiger partial charge in [0.1, 0.15) is 28.8 Å². The van der Waals surface area contributed by atoms with E-state index in [4.69, 9.17) is 14.3 Å². The van der Waals surface area contributed by atoms with Crippen LogP contribution in [0.2, 0.25) is 0 Å². The number of oxime groups is 1. The number of hydrogen-bond acceptors (Lipinski definition) is 12. The van der Waals surface area contributed by atoms with Crippen LogP contribution in [0.5, 0.6) is 23.0 Å². The number of ether oxygens (including phenoxy) is 2. The van der Waals surface area contributed by atoms with Crippen LogP contribution in [0.4, 0.5) is 0 Å². The average Bonchev–Trinajstić information content (AvgIpc) is 3.82. The Labute approximate surface area is 415 Å². The first-order chi connectivity index (χ1) is 33.7. The van der Waals surface area contributed by atoms with Crippen molar-refractivity contribution >= 4 is 39.4 Å². The number of nitrogens with one attached hydrogen (secondary N) is 2. The number of Topliss-reactive ketones (excluding diaryl/α,β-unsaturated/α-hetero) is 1. The molecule has 0 bridgehead atoms. The maximum absolute atomic E-state index is 13.6. The van der Waals surface area contributed by atoms with Gasteiger partial charge in [0.2, 0.25) is 0 Å². The lowest BCUT2D eigenvalue weighted by Crippen LogP contribution is -2.51. The molecule has 380 valence electrons. The zero-order valence-corrected chi connectivity index (χ0v) is 41.9. The summed E-state index contributed by atoms with van der Waals surface area (Å²) in [6.07, 6.45) is 12.0. The lowest BCUT2D eigenvalue weighted by atomic mass is 9.46. The molecule has 0 aromatic heterocycles. The third-order valence-electron chi connectivity index (χ3n) is 17.3. The van der Waals surface area contributed by atoms with Crippen molar-refractivity contribution < 1.29 is 61.2 Å². The minimum absolute atomic E-state index is 0.0615. The maximum Gasteiger partial charge on any atom is 0.340 e. The predicted octanol–water partition coefficient (Wildman–Crippen LogP) is 7.56. The largest absolute Gasteiger partial charge is 0.508 e. The van der Waals surface area contributed by atoms with Crippen molar-refractivity contribution in [3.8, 4) is 23.0 Å². The maximum atomic E-state index is 13.6. The molecule has 0 saturated heterocycles. The van der Waals surface area contributed by atoms with Crippen LogP contribution in [0.15, 0.2) is 71.4 Å². The van der Waals surface area contributed by atoms with Crippen molar-refractivity contribution in [2.75, 3.05) is 52.1 Å². The normalized spacial score (nSPS) is 27.0. The fourth-order valence-corrected chi connectivity index (χ4v) is 14.3. The second kappa shape index (κ2) is 19.3. The first kappa shape index (κ1) is 50.2. The number of hydrogen-bond donors (Lipinski definition) is 5. The fraction of sp³-hybridized carbons (Fsp3) is 0.537. The molecule has 17 heteroatoms. The van der Waals surface area contributed by atoms with Gasteiger partial charge in [0.05, 0.1) is 43.7 Å². The molecule has 1 spiro atoms. The Morgan fingerprint density at radius 1 is 0.831 bits per heavy atom. The van der Waals surface area contributed by atoms with Crippen molar-refractivity contribution in [2.45, 2.75) is 97.0 Å². The summed E-state index contributed by atoms with van der Waals surface area (Å²) in [4.78, 5) is 58.1. The monoisotopic (exact) mass is 995 g/mol. The van der Waals surface area contributed by atoms with Crippen LogP contribution in [0.3, 0.4) is 0 Å². The number of phenols is 2. The number of fused-ring (bicyclic) bond motifs is 11. The third-order valence-corrected chi connectivity index (χ3v) is 18.1. The highest BCUT2D eigenvalue weighted by Crippen LogP contribution is 2.67. The minimum atomic E-state index is -4.16. The average molecular weight is 996 g/mol. The molecule has 7 atom stereocenters. The zero-order chi connectivity index (χ0) is 50.5. The van der Waals surface area contributed by atoms with Crippen molar-refractivity contribution in [1.82, 2.24) is 10.6 Å². The first-order valence-electron chi connectivity index (χ1n) is 25.2. The zero-order valence-electron chi connectivity index (χ0n) is 41.1. The van der Waals surface area contributed by atoms with Gasteiger partial charge in [-0.2, -0.15) is 8.42 Å². The highest BCUT2D eigenvalue weighted by atomic mass is 32.2. The van der Waals surface area contributed by atoms with E-state index in [9.17, 15) is 42.4 Å². The van der Waals surface area contributed by atoms with E-state index in [0.29, 0.717) is 83.7 Å². The molecule has 5 N–H and O–H groups in total. The van der Waals surface area contributed by atoms with Gasteiger partial charge in [0.25, 0.3) is 21.9 Å². The molecule has 71 heavy (non-hydrogen) atoms. The van der Waals surface area contributed by atoms with E-state index in [1.807, 2.05) is 7.05 Å². The summed E-state index contributed by atoms with van der Waals surface area (Å²) in [5.41, 5.74) is 2.92.